The molecular weight excluding hydrogens is 318 g/mol. The van der Waals surface area contributed by atoms with Crippen LogP contribution in [-0.4, -0.2) is 29.3 Å². The molecule has 0 saturated carbocycles. The van der Waals surface area contributed by atoms with E-state index in [0.29, 0.717) is 30.9 Å². The number of carboxylic acid groups (broad SMARTS) is 1. The van der Waals surface area contributed by atoms with Gasteiger partial charge >= 0.3 is 5.97 Å². The van der Waals surface area contributed by atoms with Gasteiger partial charge in [-0.3, -0.25) is 0 Å². The van der Waals surface area contributed by atoms with E-state index in [-0.39, 0.29) is 18.0 Å². The summed E-state index contributed by atoms with van der Waals surface area (Å²) in [4.78, 5) is 11.7. The topological polar surface area (TPSA) is 92.8 Å². The number of benzene rings is 2. The Labute approximate surface area is 141 Å². The van der Waals surface area contributed by atoms with Crippen molar-refractivity contribution < 1.29 is 19.7 Å². The normalized spacial score (nSPS) is 12.8. The van der Waals surface area contributed by atoms with Crippen LogP contribution in [0.15, 0.2) is 54.6 Å². The Morgan fingerprint density at radius 3 is 2.35 bits per heavy atom. The molecular formula is C17H20ClNO4. The van der Waals surface area contributed by atoms with Crippen molar-refractivity contribution in [2.24, 2.45) is 5.73 Å². The summed E-state index contributed by atoms with van der Waals surface area (Å²) >= 11 is 0. The number of aliphatic carboxylic acids is 1. The summed E-state index contributed by atoms with van der Waals surface area (Å²) < 4.78 is 5.51. The van der Waals surface area contributed by atoms with E-state index in [9.17, 15) is 15.0 Å². The standard InChI is InChI=1S/C17H19NO4.ClH/c18-10-5-11-22-15-9-4-8-14(12-15)17(21,16(19)20)13-6-2-1-3-7-13;/h1-4,6-9,12,21H,5,10-11,18H2,(H,19,20);1H. The van der Waals surface area contributed by atoms with Crippen molar-refractivity contribution in [1.29, 1.82) is 0 Å². The van der Waals surface area contributed by atoms with E-state index in [0.717, 1.165) is 0 Å². The van der Waals surface area contributed by atoms with Gasteiger partial charge in [0, 0.05) is 5.56 Å². The van der Waals surface area contributed by atoms with E-state index in [1.54, 1.807) is 48.5 Å². The molecule has 0 spiro atoms. The van der Waals surface area contributed by atoms with Crippen molar-refractivity contribution in [3.63, 3.8) is 0 Å². The Hall–Kier alpha value is -2.08. The summed E-state index contributed by atoms with van der Waals surface area (Å²) in [5.41, 5.74) is 3.83. The third-order valence-corrected chi connectivity index (χ3v) is 3.37. The monoisotopic (exact) mass is 337 g/mol. The summed E-state index contributed by atoms with van der Waals surface area (Å²) in [6.45, 7) is 0.958. The Morgan fingerprint density at radius 2 is 1.74 bits per heavy atom. The maximum atomic E-state index is 11.7. The number of ether oxygens (including phenoxy) is 1. The van der Waals surface area contributed by atoms with Crippen LogP contribution in [0.5, 0.6) is 5.75 Å². The molecule has 5 nitrogen and oxygen atoms in total. The Morgan fingerprint density at radius 1 is 1.09 bits per heavy atom. The highest BCUT2D eigenvalue weighted by Gasteiger charge is 2.40. The van der Waals surface area contributed by atoms with Gasteiger partial charge in [-0.25, -0.2) is 4.79 Å². The molecule has 0 aromatic heterocycles. The SMILES string of the molecule is Cl.NCCCOc1cccc(C(O)(C(=O)O)c2ccccc2)c1. The summed E-state index contributed by atoms with van der Waals surface area (Å²) in [7, 11) is 0. The molecule has 124 valence electrons. The molecule has 2 rings (SSSR count). The van der Waals surface area contributed by atoms with Crippen LogP contribution in [0.1, 0.15) is 17.5 Å². The maximum Gasteiger partial charge on any atom is 0.345 e. The first-order valence-corrected chi connectivity index (χ1v) is 7.03. The average Bonchev–Trinajstić information content (AvgIpc) is 2.55. The lowest BCUT2D eigenvalue weighted by atomic mass is 9.86. The number of halogens is 1. The first-order chi connectivity index (χ1) is 10.6. The Kier molecular flexibility index (Phi) is 7.03. The second kappa shape index (κ2) is 8.53. The minimum Gasteiger partial charge on any atom is -0.494 e. The molecule has 0 fully saturated rings. The molecule has 0 amide bonds. The van der Waals surface area contributed by atoms with Gasteiger partial charge in [-0.1, -0.05) is 42.5 Å². The number of carbonyl (C=O) groups is 1. The fourth-order valence-corrected chi connectivity index (χ4v) is 2.18. The molecule has 6 heteroatoms. The van der Waals surface area contributed by atoms with E-state index >= 15 is 0 Å². The molecule has 0 aliphatic heterocycles. The molecule has 0 bridgehead atoms. The average molecular weight is 338 g/mol. The lowest BCUT2D eigenvalue weighted by Crippen LogP contribution is -2.36. The number of hydrogen-bond acceptors (Lipinski definition) is 4. The van der Waals surface area contributed by atoms with Gasteiger partial charge < -0.3 is 20.7 Å². The van der Waals surface area contributed by atoms with Gasteiger partial charge in [0.1, 0.15) is 5.75 Å². The van der Waals surface area contributed by atoms with Crippen LogP contribution in [0.3, 0.4) is 0 Å². The quantitative estimate of drug-likeness (QED) is 0.673. The lowest BCUT2D eigenvalue weighted by Gasteiger charge is -2.25. The zero-order valence-corrected chi connectivity index (χ0v) is 13.3. The highest BCUT2D eigenvalue weighted by molar-refractivity contribution is 5.85. The molecule has 1 unspecified atom stereocenters. The van der Waals surface area contributed by atoms with Crippen molar-refractivity contribution in [3.05, 3.63) is 65.7 Å². The predicted octanol–water partition coefficient (Wildman–Crippen LogP) is 2.16. The van der Waals surface area contributed by atoms with Gasteiger partial charge in [0.2, 0.25) is 5.60 Å². The van der Waals surface area contributed by atoms with Crippen LogP contribution >= 0.6 is 12.4 Å². The summed E-state index contributed by atoms with van der Waals surface area (Å²) in [6, 6.07) is 14.8. The molecule has 4 N–H and O–H groups in total. The van der Waals surface area contributed by atoms with Crippen molar-refractivity contribution in [3.8, 4) is 5.75 Å². The van der Waals surface area contributed by atoms with Gasteiger partial charge in [-0.2, -0.15) is 0 Å². The molecule has 0 saturated heterocycles. The van der Waals surface area contributed by atoms with E-state index in [1.807, 2.05) is 0 Å². The van der Waals surface area contributed by atoms with Crippen LogP contribution < -0.4 is 10.5 Å². The number of aliphatic hydroxyl groups is 1. The van der Waals surface area contributed by atoms with Crippen LogP contribution in [0.4, 0.5) is 0 Å². The van der Waals surface area contributed by atoms with Crippen molar-refractivity contribution in [1.82, 2.24) is 0 Å². The van der Waals surface area contributed by atoms with Crippen molar-refractivity contribution >= 4 is 18.4 Å². The van der Waals surface area contributed by atoms with E-state index in [2.05, 4.69) is 0 Å². The smallest absolute Gasteiger partial charge is 0.345 e. The highest BCUT2D eigenvalue weighted by atomic mass is 35.5. The first-order valence-electron chi connectivity index (χ1n) is 7.03. The second-order valence-electron chi connectivity index (χ2n) is 4.90. The fourth-order valence-electron chi connectivity index (χ4n) is 2.18. The van der Waals surface area contributed by atoms with E-state index in [1.165, 1.54) is 6.07 Å². The molecule has 1 atom stereocenters. The van der Waals surface area contributed by atoms with Crippen LogP contribution in [0.25, 0.3) is 0 Å². The molecule has 0 radical (unpaired) electrons. The van der Waals surface area contributed by atoms with Gasteiger partial charge in [0.15, 0.2) is 0 Å². The zero-order valence-electron chi connectivity index (χ0n) is 12.5. The minimum absolute atomic E-state index is 0. The van der Waals surface area contributed by atoms with Crippen molar-refractivity contribution in [2.75, 3.05) is 13.2 Å². The van der Waals surface area contributed by atoms with Gasteiger partial charge in [-0.15, -0.1) is 12.4 Å². The fraction of sp³-hybridized carbons (Fsp3) is 0.235. The third-order valence-electron chi connectivity index (χ3n) is 3.37. The van der Waals surface area contributed by atoms with Crippen LogP contribution in [-0.2, 0) is 10.4 Å². The minimum atomic E-state index is -2.12. The summed E-state index contributed by atoms with van der Waals surface area (Å²) in [6.07, 6.45) is 0.701. The number of carboxylic acids is 1. The van der Waals surface area contributed by atoms with Gasteiger partial charge in [-0.05, 0) is 30.7 Å². The molecule has 0 aliphatic carbocycles. The van der Waals surface area contributed by atoms with Crippen molar-refractivity contribution in [2.45, 2.75) is 12.0 Å². The first kappa shape index (κ1) is 19.0. The van der Waals surface area contributed by atoms with E-state index in [4.69, 9.17) is 10.5 Å². The summed E-state index contributed by atoms with van der Waals surface area (Å²) in [5.74, 6) is -0.834. The molecule has 2 aromatic carbocycles. The number of rotatable bonds is 7. The third kappa shape index (κ3) is 4.22. The molecule has 0 heterocycles. The van der Waals surface area contributed by atoms with Gasteiger partial charge in [0.25, 0.3) is 0 Å². The molecule has 2 aromatic rings. The molecule has 0 aliphatic rings. The number of hydrogen-bond donors (Lipinski definition) is 3. The number of nitrogens with two attached hydrogens (primary N) is 1. The Bertz CT molecular complexity index is 636. The van der Waals surface area contributed by atoms with Crippen LogP contribution in [0, 0.1) is 0 Å². The van der Waals surface area contributed by atoms with Gasteiger partial charge in [0.05, 0.1) is 6.61 Å². The zero-order chi connectivity index (χ0) is 16.0. The Balaban J connectivity index is 0.00000264. The second-order valence-corrected chi connectivity index (χ2v) is 4.90. The predicted molar refractivity (Wildman–Crippen MR) is 89.9 cm³/mol. The highest BCUT2D eigenvalue weighted by Crippen LogP contribution is 2.32. The maximum absolute atomic E-state index is 11.7. The van der Waals surface area contributed by atoms with Crippen LogP contribution in [0.2, 0.25) is 0 Å². The van der Waals surface area contributed by atoms with E-state index < -0.39 is 11.6 Å². The lowest BCUT2D eigenvalue weighted by molar-refractivity contribution is -0.155. The molecule has 23 heavy (non-hydrogen) atoms. The largest absolute Gasteiger partial charge is 0.494 e. The summed E-state index contributed by atoms with van der Waals surface area (Å²) in [5, 5.41) is 20.3.